The summed E-state index contributed by atoms with van der Waals surface area (Å²) >= 11 is 5.99. The van der Waals surface area contributed by atoms with Gasteiger partial charge >= 0.3 is 0 Å². The molecule has 4 rings (SSSR count). The lowest BCUT2D eigenvalue weighted by atomic mass is 10.1. The number of ether oxygens (including phenoxy) is 2. The van der Waals surface area contributed by atoms with Gasteiger partial charge < -0.3 is 14.8 Å². The third-order valence-corrected chi connectivity index (χ3v) is 6.26. The summed E-state index contributed by atoms with van der Waals surface area (Å²) in [6, 6.07) is 14.0. The third-order valence-electron chi connectivity index (χ3n) is 4.64. The second kappa shape index (κ2) is 8.13. The first-order valence-electron chi connectivity index (χ1n) is 9.46. The average molecular weight is 459 g/mol. The summed E-state index contributed by atoms with van der Waals surface area (Å²) in [7, 11) is -3.88. The minimum atomic E-state index is -3.88. The highest BCUT2D eigenvalue weighted by Crippen LogP contribution is 2.38. The van der Waals surface area contributed by atoms with Gasteiger partial charge in [0.15, 0.2) is 5.75 Å². The number of rotatable bonds is 5. The van der Waals surface area contributed by atoms with Crippen LogP contribution in [-0.4, -0.2) is 20.9 Å². The Bertz CT molecular complexity index is 1290. The lowest BCUT2D eigenvalue weighted by Gasteiger charge is -2.13. The van der Waals surface area contributed by atoms with Crippen LogP contribution in [0.1, 0.15) is 22.8 Å². The fourth-order valence-corrected chi connectivity index (χ4v) is 4.48. The van der Waals surface area contributed by atoms with Gasteiger partial charge in [-0.1, -0.05) is 11.6 Å². The van der Waals surface area contributed by atoms with E-state index >= 15 is 0 Å². The maximum Gasteiger partial charge on any atom is 0.261 e. The number of nitrogens with one attached hydrogen (secondary N) is 2. The molecular weight excluding hydrogens is 440 g/mol. The maximum absolute atomic E-state index is 12.9. The third kappa shape index (κ3) is 4.30. The number of sulfonamides is 1. The molecule has 0 saturated carbocycles. The molecule has 0 bridgehead atoms. The largest absolute Gasteiger partial charge is 0.494 e. The first-order valence-corrected chi connectivity index (χ1v) is 11.3. The second-order valence-electron chi connectivity index (χ2n) is 6.87. The maximum atomic E-state index is 12.9. The van der Waals surface area contributed by atoms with E-state index in [1.807, 2.05) is 6.92 Å². The van der Waals surface area contributed by atoms with Crippen LogP contribution >= 0.6 is 11.6 Å². The summed E-state index contributed by atoms with van der Waals surface area (Å²) in [5.41, 5.74) is 1.56. The van der Waals surface area contributed by atoms with Crippen molar-refractivity contribution in [3.05, 3.63) is 70.7 Å². The average Bonchev–Trinajstić information content (AvgIpc) is 2.85. The smallest absolute Gasteiger partial charge is 0.261 e. The second-order valence-corrected chi connectivity index (χ2v) is 8.99. The predicted molar refractivity (Wildman–Crippen MR) is 119 cm³/mol. The first kappa shape index (κ1) is 21.0. The molecule has 0 unspecified atom stereocenters. The molecule has 3 aromatic rings. The summed E-state index contributed by atoms with van der Waals surface area (Å²) in [6.45, 7) is 4.12. The number of halogens is 1. The molecule has 3 aromatic carbocycles. The molecule has 1 amide bonds. The number of carbonyl (C=O) groups excluding carboxylic acids is 1. The highest BCUT2D eigenvalue weighted by atomic mass is 35.5. The first-order chi connectivity index (χ1) is 14.8. The van der Waals surface area contributed by atoms with Crippen molar-refractivity contribution in [2.75, 3.05) is 16.6 Å². The Labute approximate surface area is 185 Å². The molecule has 0 atom stereocenters. The van der Waals surface area contributed by atoms with Crippen LogP contribution < -0.4 is 19.5 Å². The van der Waals surface area contributed by atoms with Gasteiger partial charge in [-0.05, 0) is 74.0 Å². The van der Waals surface area contributed by atoms with E-state index in [0.29, 0.717) is 40.1 Å². The van der Waals surface area contributed by atoms with Gasteiger partial charge in [0, 0.05) is 10.7 Å². The highest BCUT2D eigenvalue weighted by Gasteiger charge is 2.23. The van der Waals surface area contributed by atoms with E-state index in [1.165, 1.54) is 24.3 Å². The molecule has 0 saturated heterocycles. The molecule has 7 nitrogen and oxygen atoms in total. The number of hydrogen-bond donors (Lipinski definition) is 2. The molecule has 0 aliphatic carbocycles. The molecule has 0 aromatic heterocycles. The number of anilines is 2. The fraction of sp³-hybridized carbons (Fsp3) is 0.136. The number of fused-ring (bicyclic) bond motifs is 2. The van der Waals surface area contributed by atoms with Crippen LogP contribution in [0.4, 0.5) is 11.4 Å². The predicted octanol–water partition coefficient (Wildman–Crippen LogP) is 5.21. The van der Waals surface area contributed by atoms with E-state index in [0.717, 1.165) is 0 Å². The standard InChI is InChI=1S/C22H19ClN2O5S/c1-3-29-19-9-6-16(10-13(19)2)31(27,28)25-15-5-8-20-17(12-15)22(26)24-18-11-14(23)4-7-21(18)30-20/h4-12,25H,3H2,1-2H3,(H,24,26). The lowest BCUT2D eigenvalue weighted by Crippen LogP contribution is -2.15. The number of hydrogen-bond acceptors (Lipinski definition) is 5. The van der Waals surface area contributed by atoms with Gasteiger partial charge in [0.2, 0.25) is 0 Å². The molecule has 0 spiro atoms. The van der Waals surface area contributed by atoms with Gasteiger partial charge in [0.25, 0.3) is 15.9 Å². The molecule has 1 aliphatic rings. The molecular formula is C22H19ClN2O5S. The van der Waals surface area contributed by atoms with Gasteiger partial charge in [-0.15, -0.1) is 0 Å². The van der Waals surface area contributed by atoms with E-state index in [9.17, 15) is 13.2 Å². The van der Waals surface area contributed by atoms with Crippen LogP contribution in [0.25, 0.3) is 0 Å². The molecule has 0 radical (unpaired) electrons. The van der Waals surface area contributed by atoms with Gasteiger partial charge in [-0.3, -0.25) is 9.52 Å². The number of aryl methyl sites for hydroxylation is 1. The quantitative estimate of drug-likeness (QED) is 0.547. The van der Waals surface area contributed by atoms with Crippen molar-refractivity contribution < 1.29 is 22.7 Å². The van der Waals surface area contributed by atoms with Crippen LogP contribution in [-0.2, 0) is 10.0 Å². The van der Waals surface area contributed by atoms with Crippen molar-refractivity contribution in [1.29, 1.82) is 0 Å². The van der Waals surface area contributed by atoms with Crippen molar-refractivity contribution in [3.63, 3.8) is 0 Å². The molecule has 31 heavy (non-hydrogen) atoms. The fourth-order valence-electron chi connectivity index (χ4n) is 3.18. The van der Waals surface area contributed by atoms with E-state index in [-0.39, 0.29) is 16.1 Å². The zero-order valence-electron chi connectivity index (χ0n) is 16.7. The zero-order chi connectivity index (χ0) is 22.2. The Morgan fingerprint density at radius 2 is 1.84 bits per heavy atom. The molecule has 2 N–H and O–H groups in total. The Morgan fingerprint density at radius 1 is 1.06 bits per heavy atom. The number of benzene rings is 3. The summed E-state index contributed by atoms with van der Waals surface area (Å²) < 4.78 is 39.5. The summed E-state index contributed by atoms with van der Waals surface area (Å²) in [5, 5.41) is 3.18. The van der Waals surface area contributed by atoms with Crippen LogP contribution in [0.15, 0.2) is 59.5 Å². The normalized spacial score (nSPS) is 12.7. The van der Waals surface area contributed by atoms with Crippen LogP contribution in [0.2, 0.25) is 5.02 Å². The van der Waals surface area contributed by atoms with Crippen LogP contribution in [0.3, 0.4) is 0 Å². The highest BCUT2D eigenvalue weighted by molar-refractivity contribution is 7.92. The van der Waals surface area contributed by atoms with Crippen molar-refractivity contribution in [2.45, 2.75) is 18.7 Å². The van der Waals surface area contributed by atoms with E-state index in [1.54, 1.807) is 37.3 Å². The Kier molecular flexibility index (Phi) is 5.51. The Balaban J connectivity index is 1.63. The molecule has 0 fully saturated rings. The summed E-state index contributed by atoms with van der Waals surface area (Å²) in [6.07, 6.45) is 0. The van der Waals surface area contributed by atoms with E-state index in [2.05, 4.69) is 10.0 Å². The minimum Gasteiger partial charge on any atom is -0.494 e. The van der Waals surface area contributed by atoms with Crippen molar-refractivity contribution in [1.82, 2.24) is 0 Å². The van der Waals surface area contributed by atoms with E-state index < -0.39 is 15.9 Å². The Morgan fingerprint density at radius 3 is 2.58 bits per heavy atom. The van der Waals surface area contributed by atoms with Crippen LogP contribution in [0.5, 0.6) is 17.2 Å². The number of amides is 1. The van der Waals surface area contributed by atoms with E-state index in [4.69, 9.17) is 21.1 Å². The monoisotopic (exact) mass is 458 g/mol. The van der Waals surface area contributed by atoms with Gasteiger partial charge in [0.1, 0.15) is 11.5 Å². The minimum absolute atomic E-state index is 0.0890. The summed E-state index contributed by atoms with van der Waals surface area (Å²) in [4.78, 5) is 12.8. The van der Waals surface area contributed by atoms with Gasteiger partial charge in [-0.2, -0.15) is 0 Å². The summed E-state index contributed by atoms with van der Waals surface area (Å²) in [5.74, 6) is 0.932. The van der Waals surface area contributed by atoms with Crippen LogP contribution in [0, 0.1) is 6.92 Å². The molecule has 1 heterocycles. The van der Waals surface area contributed by atoms with Gasteiger partial charge in [0.05, 0.1) is 22.8 Å². The Hall–Kier alpha value is -3.23. The molecule has 9 heteroatoms. The molecule has 160 valence electrons. The number of carbonyl (C=O) groups is 1. The lowest BCUT2D eigenvalue weighted by molar-refractivity contribution is 0.102. The van der Waals surface area contributed by atoms with Gasteiger partial charge in [-0.25, -0.2) is 8.42 Å². The van der Waals surface area contributed by atoms with Crippen molar-refractivity contribution in [3.8, 4) is 17.2 Å². The van der Waals surface area contributed by atoms with Crippen molar-refractivity contribution in [2.24, 2.45) is 0 Å². The van der Waals surface area contributed by atoms with Crippen molar-refractivity contribution >= 4 is 38.9 Å². The SMILES string of the molecule is CCOc1ccc(S(=O)(=O)Nc2ccc3c(c2)C(=O)Nc2cc(Cl)ccc2O3)cc1C. The zero-order valence-corrected chi connectivity index (χ0v) is 18.3. The molecule has 1 aliphatic heterocycles. The topological polar surface area (TPSA) is 93.7 Å².